The lowest BCUT2D eigenvalue weighted by Gasteiger charge is -2.21. The first kappa shape index (κ1) is 12.3. The number of aromatic amines is 1. The van der Waals surface area contributed by atoms with E-state index in [0.29, 0.717) is 17.6 Å². The summed E-state index contributed by atoms with van der Waals surface area (Å²) in [4.78, 5) is 14.3. The van der Waals surface area contributed by atoms with Crippen LogP contribution in [-0.2, 0) is 0 Å². The summed E-state index contributed by atoms with van der Waals surface area (Å²) >= 11 is 0. The molecule has 1 heterocycles. The van der Waals surface area contributed by atoms with Crippen LogP contribution in [0.25, 0.3) is 11.0 Å². The first-order chi connectivity index (χ1) is 9.79. The second-order valence-corrected chi connectivity index (χ2v) is 4.41. The van der Waals surface area contributed by atoms with E-state index >= 15 is 0 Å². The Labute approximate surface area is 116 Å². The summed E-state index contributed by atoms with van der Waals surface area (Å²) in [5.74, 6) is -0.0383. The maximum absolute atomic E-state index is 12.6. The number of amides is 1. The van der Waals surface area contributed by atoms with E-state index in [9.17, 15) is 4.79 Å². The van der Waals surface area contributed by atoms with Crippen molar-refractivity contribution in [2.24, 2.45) is 0 Å². The van der Waals surface area contributed by atoms with Crippen LogP contribution >= 0.6 is 0 Å². The first-order valence-electron chi connectivity index (χ1n) is 6.47. The second-order valence-electron chi connectivity index (χ2n) is 4.41. The molecule has 2 aromatic carbocycles. The number of carbonyl (C=O) groups is 1. The fourth-order valence-corrected chi connectivity index (χ4v) is 2.18. The number of fused-ring (bicyclic) bond motifs is 1. The number of aromatic nitrogens is 3. The normalized spacial score (nSPS) is 10.7. The van der Waals surface area contributed by atoms with Gasteiger partial charge in [-0.25, -0.2) is 0 Å². The number of benzene rings is 2. The van der Waals surface area contributed by atoms with Gasteiger partial charge in [-0.1, -0.05) is 18.2 Å². The molecule has 5 nitrogen and oxygen atoms in total. The molecular weight excluding hydrogens is 252 g/mol. The highest BCUT2D eigenvalue weighted by atomic mass is 16.2. The number of rotatable bonds is 3. The third kappa shape index (κ3) is 2.14. The Morgan fingerprint density at radius 1 is 1.10 bits per heavy atom. The van der Waals surface area contributed by atoms with Gasteiger partial charge in [0.2, 0.25) is 0 Å². The summed E-state index contributed by atoms with van der Waals surface area (Å²) in [6.07, 6.45) is 0. The van der Waals surface area contributed by atoms with Gasteiger partial charge in [0.25, 0.3) is 5.91 Å². The molecule has 0 spiro atoms. The quantitative estimate of drug-likeness (QED) is 0.792. The average molecular weight is 266 g/mol. The minimum absolute atomic E-state index is 0.0383. The summed E-state index contributed by atoms with van der Waals surface area (Å²) in [7, 11) is 0. The lowest BCUT2D eigenvalue weighted by molar-refractivity contribution is 0.0988. The molecule has 5 heteroatoms. The third-order valence-electron chi connectivity index (χ3n) is 3.19. The van der Waals surface area contributed by atoms with Crippen molar-refractivity contribution in [3.8, 4) is 0 Å². The van der Waals surface area contributed by atoms with E-state index in [1.54, 1.807) is 23.1 Å². The van der Waals surface area contributed by atoms with Gasteiger partial charge in [-0.05, 0) is 37.3 Å². The molecule has 0 aliphatic heterocycles. The zero-order valence-corrected chi connectivity index (χ0v) is 11.1. The monoisotopic (exact) mass is 266 g/mol. The van der Waals surface area contributed by atoms with E-state index < -0.39 is 0 Å². The van der Waals surface area contributed by atoms with Crippen LogP contribution in [0.15, 0.2) is 48.5 Å². The number of nitrogens with zero attached hydrogens (tertiary/aromatic N) is 3. The van der Waals surface area contributed by atoms with Crippen molar-refractivity contribution in [3.05, 3.63) is 54.1 Å². The molecule has 20 heavy (non-hydrogen) atoms. The number of hydrogen-bond donors (Lipinski definition) is 1. The maximum atomic E-state index is 12.6. The highest BCUT2D eigenvalue weighted by Gasteiger charge is 2.16. The van der Waals surface area contributed by atoms with Gasteiger partial charge in [-0.15, -0.1) is 0 Å². The van der Waals surface area contributed by atoms with Crippen molar-refractivity contribution in [1.82, 2.24) is 15.4 Å². The highest BCUT2D eigenvalue weighted by molar-refractivity contribution is 6.07. The molecule has 1 amide bonds. The topological polar surface area (TPSA) is 61.9 Å². The molecule has 0 radical (unpaired) electrons. The van der Waals surface area contributed by atoms with Crippen LogP contribution in [-0.4, -0.2) is 27.9 Å². The molecule has 100 valence electrons. The molecule has 3 rings (SSSR count). The average Bonchev–Trinajstić information content (AvgIpc) is 2.96. The van der Waals surface area contributed by atoms with Crippen LogP contribution in [0.4, 0.5) is 5.69 Å². The Morgan fingerprint density at radius 2 is 1.85 bits per heavy atom. The number of para-hydroxylation sites is 1. The molecule has 0 aliphatic carbocycles. The van der Waals surface area contributed by atoms with Crippen LogP contribution in [0.1, 0.15) is 17.3 Å². The van der Waals surface area contributed by atoms with E-state index in [1.807, 2.05) is 37.3 Å². The zero-order valence-electron chi connectivity index (χ0n) is 11.1. The van der Waals surface area contributed by atoms with E-state index in [-0.39, 0.29) is 5.91 Å². The number of anilines is 1. The lowest BCUT2D eigenvalue weighted by Crippen LogP contribution is -2.30. The Kier molecular flexibility index (Phi) is 3.16. The molecule has 1 N–H and O–H groups in total. The third-order valence-corrected chi connectivity index (χ3v) is 3.19. The van der Waals surface area contributed by atoms with E-state index in [2.05, 4.69) is 15.4 Å². The Balaban J connectivity index is 1.97. The zero-order chi connectivity index (χ0) is 13.9. The van der Waals surface area contributed by atoms with Gasteiger partial charge < -0.3 is 4.90 Å². The second kappa shape index (κ2) is 5.13. The van der Waals surface area contributed by atoms with Gasteiger partial charge >= 0.3 is 0 Å². The van der Waals surface area contributed by atoms with Crippen molar-refractivity contribution in [3.63, 3.8) is 0 Å². The molecule has 0 saturated carbocycles. The predicted molar refractivity (Wildman–Crippen MR) is 77.7 cm³/mol. The number of H-pyrrole nitrogens is 1. The summed E-state index contributed by atoms with van der Waals surface area (Å²) in [5, 5.41) is 10.5. The molecule has 0 unspecified atom stereocenters. The highest BCUT2D eigenvalue weighted by Crippen LogP contribution is 2.18. The van der Waals surface area contributed by atoms with Crippen LogP contribution in [0, 0.1) is 0 Å². The minimum Gasteiger partial charge on any atom is -0.309 e. The predicted octanol–water partition coefficient (Wildman–Crippen LogP) is 2.62. The van der Waals surface area contributed by atoms with Gasteiger partial charge in [0, 0.05) is 17.8 Å². The molecule has 0 atom stereocenters. The van der Waals surface area contributed by atoms with E-state index in [4.69, 9.17) is 0 Å². The summed E-state index contributed by atoms with van der Waals surface area (Å²) in [6, 6.07) is 15.0. The van der Waals surface area contributed by atoms with Crippen LogP contribution in [0.2, 0.25) is 0 Å². The van der Waals surface area contributed by atoms with Gasteiger partial charge in [0.15, 0.2) is 0 Å². The van der Waals surface area contributed by atoms with Crippen LogP contribution < -0.4 is 4.90 Å². The van der Waals surface area contributed by atoms with E-state index in [0.717, 1.165) is 11.2 Å². The molecule has 3 aromatic rings. The Morgan fingerprint density at radius 3 is 2.60 bits per heavy atom. The smallest absolute Gasteiger partial charge is 0.258 e. The molecule has 0 aliphatic rings. The molecule has 0 saturated heterocycles. The maximum Gasteiger partial charge on any atom is 0.258 e. The number of hydrogen-bond acceptors (Lipinski definition) is 3. The van der Waals surface area contributed by atoms with Crippen molar-refractivity contribution < 1.29 is 4.79 Å². The Bertz CT molecular complexity index is 736. The standard InChI is InChI=1S/C15H14N4O/c1-2-19(12-6-4-3-5-7-12)15(20)11-8-9-13-14(10-11)17-18-16-13/h3-10H,2H2,1H3,(H,16,17,18). The van der Waals surface area contributed by atoms with Crippen molar-refractivity contribution in [2.75, 3.05) is 11.4 Å². The summed E-state index contributed by atoms with van der Waals surface area (Å²) in [6.45, 7) is 2.57. The minimum atomic E-state index is -0.0383. The van der Waals surface area contributed by atoms with Crippen molar-refractivity contribution >= 4 is 22.6 Å². The van der Waals surface area contributed by atoms with Gasteiger partial charge in [0.1, 0.15) is 11.0 Å². The van der Waals surface area contributed by atoms with Gasteiger partial charge in [-0.3, -0.25) is 4.79 Å². The fraction of sp³-hybridized carbons (Fsp3) is 0.133. The van der Waals surface area contributed by atoms with Gasteiger partial charge in [-0.2, -0.15) is 15.4 Å². The van der Waals surface area contributed by atoms with Crippen molar-refractivity contribution in [1.29, 1.82) is 0 Å². The molecular formula is C15H14N4O. The summed E-state index contributed by atoms with van der Waals surface area (Å²) in [5.41, 5.74) is 2.95. The van der Waals surface area contributed by atoms with Crippen LogP contribution in [0.3, 0.4) is 0 Å². The SMILES string of the molecule is CCN(C(=O)c1ccc2n[nH]nc2c1)c1ccccc1. The molecule has 1 aromatic heterocycles. The Hall–Kier alpha value is -2.69. The lowest BCUT2D eigenvalue weighted by atomic mass is 10.1. The molecule has 0 fully saturated rings. The van der Waals surface area contributed by atoms with E-state index in [1.165, 1.54) is 0 Å². The fourth-order valence-electron chi connectivity index (χ4n) is 2.18. The largest absolute Gasteiger partial charge is 0.309 e. The van der Waals surface area contributed by atoms with Crippen molar-refractivity contribution in [2.45, 2.75) is 6.92 Å². The summed E-state index contributed by atoms with van der Waals surface area (Å²) < 4.78 is 0. The van der Waals surface area contributed by atoms with Crippen LogP contribution in [0.5, 0.6) is 0 Å². The first-order valence-corrected chi connectivity index (χ1v) is 6.47. The van der Waals surface area contributed by atoms with Gasteiger partial charge in [0.05, 0.1) is 0 Å². The molecule has 0 bridgehead atoms. The number of carbonyl (C=O) groups excluding carboxylic acids is 1. The number of nitrogens with one attached hydrogen (secondary N) is 1.